The van der Waals surface area contributed by atoms with E-state index in [1.807, 2.05) is 0 Å². The number of hydrogen-bond donors (Lipinski definition) is 4. The van der Waals surface area contributed by atoms with Crippen molar-refractivity contribution in [2.75, 3.05) is 13.1 Å². The molecule has 1 amide bonds. The fourth-order valence-corrected chi connectivity index (χ4v) is 2.14. The van der Waals surface area contributed by atoms with Crippen LogP contribution in [0.3, 0.4) is 0 Å². The van der Waals surface area contributed by atoms with Crippen LogP contribution in [0.1, 0.15) is 32.6 Å². The number of amides is 1. The van der Waals surface area contributed by atoms with Crippen LogP contribution in [0.2, 0.25) is 0 Å². The molecule has 1 aliphatic rings. The van der Waals surface area contributed by atoms with E-state index >= 15 is 0 Å². The van der Waals surface area contributed by atoms with E-state index in [9.17, 15) is 14.7 Å². The number of piperidine rings is 1. The zero-order valence-electron chi connectivity index (χ0n) is 10.7. The van der Waals surface area contributed by atoms with E-state index in [0.717, 1.165) is 32.4 Å². The number of aliphatic hydroxyl groups is 1. The second-order valence-corrected chi connectivity index (χ2v) is 4.88. The Kier molecular flexibility index (Phi) is 6.07. The van der Waals surface area contributed by atoms with Gasteiger partial charge in [-0.1, -0.05) is 0 Å². The highest BCUT2D eigenvalue weighted by atomic mass is 16.4. The monoisotopic (exact) mass is 258 g/mol. The molecule has 6 nitrogen and oxygen atoms in total. The van der Waals surface area contributed by atoms with Crippen molar-refractivity contribution in [1.82, 2.24) is 10.6 Å². The normalized spacial score (nSPS) is 23.1. The van der Waals surface area contributed by atoms with Gasteiger partial charge in [-0.25, -0.2) is 4.79 Å². The second kappa shape index (κ2) is 7.33. The maximum Gasteiger partial charge on any atom is 0.328 e. The molecule has 0 spiro atoms. The smallest absolute Gasteiger partial charge is 0.328 e. The minimum Gasteiger partial charge on any atom is -0.480 e. The fraction of sp³-hybridized carbons (Fsp3) is 0.833. The first kappa shape index (κ1) is 14.9. The average Bonchev–Trinajstić information content (AvgIpc) is 2.34. The van der Waals surface area contributed by atoms with Gasteiger partial charge >= 0.3 is 5.97 Å². The van der Waals surface area contributed by atoms with Gasteiger partial charge in [0, 0.05) is 6.42 Å². The lowest BCUT2D eigenvalue weighted by molar-refractivity contribution is -0.144. The van der Waals surface area contributed by atoms with Crippen molar-refractivity contribution < 1.29 is 19.8 Å². The summed E-state index contributed by atoms with van der Waals surface area (Å²) in [4.78, 5) is 22.4. The van der Waals surface area contributed by atoms with Crippen molar-refractivity contribution in [3.8, 4) is 0 Å². The third-order valence-electron chi connectivity index (χ3n) is 3.24. The molecule has 0 bridgehead atoms. The SMILES string of the molecule is CC(O)C(NC(=O)CCC1CCCNC1)C(=O)O. The number of rotatable bonds is 6. The van der Waals surface area contributed by atoms with E-state index in [0.29, 0.717) is 12.3 Å². The van der Waals surface area contributed by atoms with E-state index in [1.165, 1.54) is 6.92 Å². The molecule has 0 saturated carbocycles. The Hall–Kier alpha value is -1.14. The molecule has 0 aromatic rings. The summed E-state index contributed by atoms with van der Waals surface area (Å²) in [6.07, 6.45) is 2.20. The summed E-state index contributed by atoms with van der Waals surface area (Å²) >= 11 is 0. The quantitative estimate of drug-likeness (QED) is 0.525. The van der Waals surface area contributed by atoms with Gasteiger partial charge in [0.25, 0.3) is 0 Å². The number of carbonyl (C=O) groups is 2. The van der Waals surface area contributed by atoms with Crippen LogP contribution in [0.15, 0.2) is 0 Å². The van der Waals surface area contributed by atoms with Crippen LogP contribution >= 0.6 is 0 Å². The standard InChI is InChI=1S/C12H22N2O4/c1-8(15)11(12(17)18)14-10(16)5-4-9-3-2-6-13-7-9/h8-9,11,13,15H,2-7H2,1H3,(H,14,16)(H,17,18). The Bertz CT molecular complexity index is 288. The third kappa shape index (κ3) is 5.01. The van der Waals surface area contributed by atoms with Gasteiger partial charge in [0.05, 0.1) is 6.10 Å². The van der Waals surface area contributed by atoms with Crippen molar-refractivity contribution in [3.05, 3.63) is 0 Å². The van der Waals surface area contributed by atoms with E-state index in [4.69, 9.17) is 5.11 Å². The Labute approximate surface area is 107 Å². The van der Waals surface area contributed by atoms with Crippen LogP contribution < -0.4 is 10.6 Å². The highest BCUT2D eigenvalue weighted by Gasteiger charge is 2.25. The Morgan fingerprint density at radius 2 is 2.22 bits per heavy atom. The maximum atomic E-state index is 11.6. The molecule has 104 valence electrons. The van der Waals surface area contributed by atoms with Gasteiger partial charge in [0.2, 0.25) is 5.91 Å². The second-order valence-electron chi connectivity index (χ2n) is 4.88. The molecule has 0 aromatic carbocycles. The van der Waals surface area contributed by atoms with Gasteiger partial charge < -0.3 is 20.8 Å². The number of hydrogen-bond acceptors (Lipinski definition) is 4. The highest BCUT2D eigenvalue weighted by Crippen LogP contribution is 2.15. The van der Waals surface area contributed by atoms with Crippen molar-refractivity contribution in [2.24, 2.45) is 5.92 Å². The molecule has 4 N–H and O–H groups in total. The first-order chi connectivity index (χ1) is 8.50. The lowest BCUT2D eigenvalue weighted by Gasteiger charge is -2.23. The maximum absolute atomic E-state index is 11.6. The summed E-state index contributed by atoms with van der Waals surface area (Å²) in [6, 6.07) is -1.22. The van der Waals surface area contributed by atoms with E-state index in [1.54, 1.807) is 0 Å². The minimum atomic E-state index is -1.22. The van der Waals surface area contributed by atoms with E-state index in [-0.39, 0.29) is 5.91 Å². The van der Waals surface area contributed by atoms with Crippen LogP contribution in [0.25, 0.3) is 0 Å². The molecule has 3 unspecified atom stereocenters. The van der Waals surface area contributed by atoms with E-state index < -0.39 is 18.1 Å². The van der Waals surface area contributed by atoms with Crippen LogP contribution in [-0.2, 0) is 9.59 Å². The molecule has 6 heteroatoms. The summed E-state index contributed by atoms with van der Waals surface area (Å²) in [6.45, 7) is 3.31. The number of aliphatic hydroxyl groups excluding tert-OH is 1. The first-order valence-electron chi connectivity index (χ1n) is 6.41. The molecule has 1 fully saturated rings. The summed E-state index contributed by atoms with van der Waals surface area (Å²) in [5.41, 5.74) is 0. The van der Waals surface area contributed by atoms with Crippen LogP contribution in [0.5, 0.6) is 0 Å². The number of nitrogens with one attached hydrogen (secondary N) is 2. The third-order valence-corrected chi connectivity index (χ3v) is 3.24. The molecular formula is C12H22N2O4. The zero-order chi connectivity index (χ0) is 13.5. The number of carboxylic acid groups (broad SMARTS) is 1. The van der Waals surface area contributed by atoms with Crippen molar-refractivity contribution in [3.63, 3.8) is 0 Å². The topological polar surface area (TPSA) is 98.7 Å². The van der Waals surface area contributed by atoms with Crippen LogP contribution in [0, 0.1) is 5.92 Å². The van der Waals surface area contributed by atoms with Gasteiger partial charge in [-0.05, 0) is 45.2 Å². The molecule has 0 aliphatic carbocycles. The van der Waals surface area contributed by atoms with Gasteiger partial charge in [0.15, 0.2) is 6.04 Å². The van der Waals surface area contributed by atoms with Crippen LogP contribution in [-0.4, -0.2) is 47.3 Å². The predicted molar refractivity (Wildman–Crippen MR) is 66.1 cm³/mol. The van der Waals surface area contributed by atoms with Gasteiger partial charge in [-0.15, -0.1) is 0 Å². The zero-order valence-corrected chi connectivity index (χ0v) is 10.7. The lowest BCUT2D eigenvalue weighted by Crippen LogP contribution is -2.47. The highest BCUT2D eigenvalue weighted by molar-refractivity contribution is 5.83. The average molecular weight is 258 g/mol. The minimum absolute atomic E-state index is 0.308. The summed E-state index contributed by atoms with van der Waals surface area (Å²) in [7, 11) is 0. The first-order valence-corrected chi connectivity index (χ1v) is 6.41. The molecule has 18 heavy (non-hydrogen) atoms. The van der Waals surface area contributed by atoms with Crippen molar-refractivity contribution >= 4 is 11.9 Å². The molecule has 3 atom stereocenters. The van der Waals surface area contributed by atoms with Gasteiger partial charge in [-0.2, -0.15) is 0 Å². The fourth-order valence-electron chi connectivity index (χ4n) is 2.14. The molecule has 0 aromatic heterocycles. The summed E-state index contributed by atoms with van der Waals surface area (Å²) < 4.78 is 0. The van der Waals surface area contributed by atoms with Gasteiger partial charge in [0.1, 0.15) is 0 Å². The van der Waals surface area contributed by atoms with E-state index in [2.05, 4.69) is 10.6 Å². The largest absolute Gasteiger partial charge is 0.480 e. The molecule has 0 radical (unpaired) electrons. The number of aliphatic carboxylic acids is 1. The Morgan fingerprint density at radius 1 is 1.50 bits per heavy atom. The molecular weight excluding hydrogens is 236 g/mol. The van der Waals surface area contributed by atoms with Crippen molar-refractivity contribution in [1.29, 1.82) is 0 Å². The predicted octanol–water partition coefficient (Wildman–Crippen LogP) is -0.284. The van der Waals surface area contributed by atoms with Gasteiger partial charge in [-0.3, -0.25) is 4.79 Å². The number of carbonyl (C=O) groups excluding carboxylic acids is 1. The molecule has 1 heterocycles. The lowest BCUT2D eigenvalue weighted by atomic mass is 9.94. The molecule has 1 aliphatic heterocycles. The molecule has 1 saturated heterocycles. The Morgan fingerprint density at radius 3 is 2.72 bits per heavy atom. The van der Waals surface area contributed by atoms with Crippen molar-refractivity contribution in [2.45, 2.75) is 44.8 Å². The summed E-state index contributed by atoms with van der Waals surface area (Å²) in [5.74, 6) is -1.04. The van der Waals surface area contributed by atoms with Crippen LogP contribution in [0.4, 0.5) is 0 Å². The molecule has 1 rings (SSSR count). The summed E-state index contributed by atoms with van der Waals surface area (Å²) in [5, 5.41) is 23.7. The Balaban J connectivity index is 2.29. The number of carboxylic acids is 1.